The Morgan fingerprint density at radius 3 is 2.50 bits per heavy atom. The van der Waals surface area contributed by atoms with Crippen LogP contribution < -0.4 is 4.72 Å². The SMILES string of the molecule is CCOC(=O)N1CCC(NS(=O)(=O)c2cc(C(F)(F)F)ccc2Cl)CC1. The van der Waals surface area contributed by atoms with E-state index < -0.39 is 38.8 Å². The Labute approximate surface area is 154 Å². The van der Waals surface area contributed by atoms with Crippen LogP contribution in [-0.2, 0) is 20.9 Å². The number of nitrogens with one attached hydrogen (secondary N) is 1. The summed E-state index contributed by atoms with van der Waals surface area (Å²) < 4.78 is 70.6. The van der Waals surface area contributed by atoms with E-state index in [1.54, 1.807) is 6.92 Å². The number of likely N-dealkylation sites (tertiary alicyclic amines) is 1. The first-order valence-electron chi connectivity index (χ1n) is 7.85. The minimum Gasteiger partial charge on any atom is -0.450 e. The zero-order valence-electron chi connectivity index (χ0n) is 13.8. The van der Waals surface area contributed by atoms with Crippen LogP contribution in [0.4, 0.5) is 18.0 Å². The average Bonchev–Trinajstić information content (AvgIpc) is 2.54. The lowest BCUT2D eigenvalue weighted by Crippen LogP contribution is -2.46. The Bertz CT molecular complexity index is 763. The minimum absolute atomic E-state index is 0.236. The fourth-order valence-corrected chi connectivity index (χ4v) is 4.39. The van der Waals surface area contributed by atoms with Crippen LogP contribution in [0.15, 0.2) is 23.1 Å². The maximum Gasteiger partial charge on any atom is 0.416 e. The van der Waals surface area contributed by atoms with E-state index in [1.165, 1.54) is 4.90 Å². The molecule has 1 aliphatic rings. The number of ether oxygens (including phenoxy) is 1. The highest BCUT2D eigenvalue weighted by Crippen LogP contribution is 2.33. The topological polar surface area (TPSA) is 75.7 Å². The molecule has 146 valence electrons. The molecular weight excluding hydrogens is 397 g/mol. The van der Waals surface area contributed by atoms with Gasteiger partial charge in [0.25, 0.3) is 0 Å². The normalized spacial score (nSPS) is 16.6. The molecule has 1 N–H and O–H groups in total. The number of sulfonamides is 1. The van der Waals surface area contributed by atoms with E-state index >= 15 is 0 Å². The summed E-state index contributed by atoms with van der Waals surface area (Å²) in [5.74, 6) is 0. The number of carbonyl (C=O) groups is 1. The van der Waals surface area contributed by atoms with Gasteiger partial charge in [0, 0.05) is 19.1 Å². The van der Waals surface area contributed by atoms with Crippen LogP contribution in [0.5, 0.6) is 0 Å². The first kappa shape index (κ1) is 20.8. The maximum absolute atomic E-state index is 12.8. The third-order valence-electron chi connectivity index (χ3n) is 3.89. The third kappa shape index (κ3) is 5.01. The fraction of sp³-hybridized carbons (Fsp3) is 0.533. The molecule has 1 fully saturated rings. The van der Waals surface area contributed by atoms with Gasteiger partial charge in [-0.3, -0.25) is 0 Å². The molecule has 0 bridgehead atoms. The van der Waals surface area contributed by atoms with E-state index in [4.69, 9.17) is 16.3 Å². The molecule has 1 aromatic rings. The van der Waals surface area contributed by atoms with Crippen molar-refractivity contribution in [1.29, 1.82) is 0 Å². The van der Waals surface area contributed by atoms with E-state index in [-0.39, 0.29) is 24.7 Å². The lowest BCUT2D eigenvalue weighted by atomic mass is 10.1. The molecule has 26 heavy (non-hydrogen) atoms. The smallest absolute Gasteiger partial charge is 0.416 e. The molecule has 0 aromatic heterocycles. The average molecular weight is 415 g/mol. The number of hydrogen-bond donors (Lipinski definition) is 1. The minimum atomic E-state index is -4.68. The molecular formula is C15H18ClF3N2O4S. The van der Waals surface area contributed by atoms with Crippen molar-refractivity contribution < 1.29 is 31.1 Å². The van der Waals surface area contributed by atoms with E-state index in [2.05, 4.69) is 4.72 Å². The lowest BCUT2D eigenvalue weighted by Gasteiger charge is -2.31. The van der Waals surface area contributed by atoms with Crippen molar-refractivity contribution in [3.63, 3.8) is 0 Å². The van der Waals surface area contributed by atoms with Gasteiger partial charge in [0.05, 0.1) is 17.2 Å². The van der Waals surface area contributed by atoms with Crippen LogP contribution in [0.2, 0.25) is 5.02 Å². The number of carbonyl (C=O) groups excluding carboxylic acids is 1. The summed E-state index contributed by atoms with van der Waals surface area (Å²) in [6.45, 7) is 2.47. The van der Waals surface area contributed by atoms with Gasteiger partial charge in [-0.05, 0) is 38.0 Å². The number of benzene rings is 1. The standard InChI is InChI=1S/C15H18ClF3N2O4S/c1-2-25-14(22)21-7-5-11(6-8-21)20-26(23,24)13-9-10(15(17,18)19)3-4-12(13)16/h3-4,9,11,20H,2,5-8H2,1H3. The van der Waals surface area contributed by atoms with Crippen LogP contribution in [-0.4, -0.2) is 45.1 Å². The molecule has 0 atom stereocenters. The Balaban J connectivity index is 2.10. The van der Waals surface area contributed by atoms with Gasteiger partial charge in [-0.15, -0.1) is 0 Å². The van der Waals surface area contributed by atoms with E-state index in [0.717, 1.165) is 12.1 Å². The molecule has 1 aliphatic heterocycles. The van der Waals surface area contributed by atoms with Crippen LogP contribution in [0.3, 0.4) is 0 Å². The quantitative estimate of drug-likeness (QED) is 0.820. The predicted octanol–water partition coefficient (Wildman–Crippen LogP) is 3.26. The van der Waals surface area contributed by atoms with Crippen LogP contribution in [0, 0.1) is 0 Å². The van der Waals surface area contributed by atoms with E-state index in [9.17, 15) is 26.4 Å². The summed E-state index contributed by atoms with van der Waals surface area (Å²) >= 11 is 5.79. The van der Waals surface area contributed by atoms with Crippen molar-refractivity contribution >= 4 is 27.7 Å². The highest BCUT2D eigenvalue weighted by molar-refractivity contribution is 7.89. The Hall–Kier alpha value is -1.52. The molecule has 0 radical (unpaired) electrons. The van der Waals surface area contributed by atoms with Crippen LogP contribution in [0.25, 0.3) is 0 Å². The summed E-state index contributed by atoms with van der Waals surface area (Å²) in [5, 5.41) is -0.297. The number of nitrogens with zero attached hydrogens (tertiary/aromatic N) is 1. The van der Waals surface area contributed by atoms with Crippen molar-refractivity contribution in [1.82, 2.24) is 9.62 Å². The molecule has 1 saturated heterocycles. The highest BCUT2D eigenvalue weighted by atomic mass is 35.5. The third-order valence-corrected chi connectivity index (χ3v) is 5.89. The molecule has 0 saturated carbocycles. The summed E-state index contributed by atoms with van der Waals surface area (Å²) in [5.41, 5.74) is -1.10. The number of alkyl halides is 3. The van der Waals surface area contributed by atoms with Gasteiger partial charge in [0.2, 0.25) is 10.0 Å². The fourth-order valence-electron chi connectivity index (χ4n) is 2.56. The van der Waals surface area contributed by atoms with Gasteiger partial charge < -0.3 is 9.64 Å². The highest BCUT2D eigenvalue weighted by Gasteiger charge is 2.34. The number of hydrogen-bond acceptors (Lipinski definition) is 4. The monoisotopic (exact) mass is 414 g/mol. The van der Waals surface area contributed by atoms with E-state index in [1.807, 2.05) is 0 Å². The summed E-state index contributed by atoms with van der Waals surface area (Å²) in [6, 6.07) is 1.62. The molecule has 2 rings (SSSR count). The van der Waals surface area contributed by atoms with E-state index in [0.29, 0.717) is 18.9 Å². The van der Waals surface area contributed by atoms with Crippen molar-refractivity contribution in [3.05, 3.63) is 28.8 Å². The number of rotatable bonds is 4. The maximum atomic E-state index is 12.8. The zero-order chi connectivity index (χ0) is 19.5. The Kier molecular flexibility index (Phi) is 6.41. The Morgan fingerprint density at radius 2 is 1.96 bits per heavy atom. The summed E-state index contributed by atoms with van der Waals surface area (Å²) in [6.07, 6.45) is -4.53. The molecule has 0 aliphatic carbocycles. The van der Waals surface area contributed by atoms with Gasteiger partial charge in [-0.25, -0.2) is 17.9 Å². The number of piperidine rings is 1. The van der Waals surface area contributed by atoms with Crippen molar-refractivity contribution in [2.75, 3.05) is 19.7 Å². The van der Waals surface area contributed by atoms with Crippen molar-refractivity contribution in [2.45, 2.75) is 36.9 Å². The van der Waals surface area contributed by atoms with Gasteiger partial charge in [0.15, 0.2) is 0 Å². The summed E-state index contributed by atoms with van der Waals surface area (Å²) in [4.78, 5) is 12.5. The van der Waals surface area contributed by atoms with Gasteiger partial charge in [0.1, 0.15) is 4.90 Å². The number of halogens is 4. The van der Waals surface area contributed by atoms with Crippen molar-refractivity contribution in [3.8, 4) is 0 Å². The second-order valence-electron chi connectivity index (χ2n) is 5.72. The lowest BCUT2D eigenvalue weighted by molar-refractivity contribution is -0.137. The van der Waals surface area contributed by atoms with Crippen molar-refractivity contribution in [2.24, 2.45) is 0 Å². The first-order valence-corrected chi connectivity index (χ1v) is 9.71. The van der Waals surface area contributed by atoms with Gasteiger partial charge in [-0.2, -0.15) is 13.2 Å². The summed E-state index contributed by atoms with van der Waals surface area (Å²) in [7, 11) is -4.24. The predicted molar refractivity (Wildman–Crippen MR) is 88.4 cm³/mol. The molecule has 11 heteroatoms. The van der Waals surface area contributed by atoms with Gasteiger partial charge in [-0.1, -0.05) is 11.6 Å². The second-order valence-corrected chi connectivity index (χ2v) is 7.81. The molecule has 1 heterocycles. The zero-order valence-corrected chi connectivity index (χ0v) is 15.4. The molecule has 0 unspecified atom stereocenters. The molecule has 1 amide bonds. The van der Waals surface area contributed by atoms with Crippen LogP contribution in [0.1, 0.15) is 25.3 Å². The number of amides is 1. The molecule has 0 spiro atoms. The van der Waals surface area contributed by atoms with Gasteiger partial charge >= 0.3 is 12.3 Å². The molecule has 6 nitrogen and oxygen atoms in total. The molecule has 1 aromatic carbocycles. The largest absolute Gasteiger partial charge is 0.450 e. The van der Waals surface area contributed by atoms with Crippen LogP contribution >= 0.6 is 11.6 Å². The first-order chi connectivity index (χ1) is 12.0. The Morgan fingerprint density at radius 1 is 1.35 bits per heavy atom. The second kappa shape index (κ2) is 8.01.